The van der Waals surface area contributed by atoms with Crippen molar-refractivity contribution in [1.82, 2.24) is 0 Å². The number of ether oxygens (including phenoxy) is 3. The average molecular weight is 415 g/mol. The summed E-state index contributed by atoms with van der Waals surface area (Å²) in [5, 5.41) is 0. The monoisotopic (exact) mass is 415 g/mol. The molecule has 0 spiro atoms. The molecule has 0 amide bonds. The van der Waals surface area contributed by atoms with Crippen molar-refractivity contribution in [2.24, 2.45) is 4.99 Å². The standard InChI is InChI=1S/C25H21NO5/c1-29-21-14-12-20(13-15-21)22-26-25(24(28)31-22,16-18-8-4-2-5-9-18)23(27)30-17-19-10-6-3-7-11-19/h2-15H,16-17H2,1H3/t25-/m0/s1. The highest BCUT2D eigenvalue weighted by atomic mass is 16.6. The Bertz CT molecular complexity index is 1090. The van der Waals surface area contributed by atoms with Crippen molar-refractivity contribution in [3.8, 4) is 5.75 Å². The van der Waals surface area contributed by atoms with Gasteiger partial charge >= 0.3 is 11.9 Å². The van der Waals surface area contributed by atoms with Gasteiger partial charge in [0.2, 0.25) is 5.90 Å². The van der Waals surface area contributed by atoms with E-state index in [-0.39, 0.29) is 18.9 Å². The summed E-state index contributed by atoms with van der Waals surface area (Å²) in [6, 6.07) is 25.4. The van der Waals surface area contributed by atoms with E-state index in [4.69, 9.17) is 14.2 Å². The molecule has 0 saturated carbocycles. The first kappa shape index (κ1) is 20.3. The highest BCUT2D eigenvalue weighted by Gasteiger charge is 2.54. The van der Waals surface area contributed by atoms with Crippen molar-refractivity contribution in [3.05, 3.63) is 102 Å². The lowest BCUT2D eigenvalue weighted by Crippen LogP contribution is -2.46. The number of cyclic esters (lactones) is 1. The molecule has 1 atom stereocenters. The van der Waals surface area contributed by atoms with Gasteiger partial charge in [-0.15, -0.1) is 0 Å². The summed E-state index contributed by atoms with van der Waals surface area (Å²) in [6.07, 6.45) is 0.0416. The summed E-state index contributed by atoms with van der Waals surface area (Å²) >= 11 is 0. The molecule has 0 radical (unpaired) electrons. The second-order valence-electron chi connectivity index (χ2n) is 7.12. The fourth-order valence-electron chi connectivity index (χ4n) is 3.32. The van der Waals surface area contributed by atoms with Crippen LogP contribution in [0, 0.1) is 0 Å². The number of benzene rings is 3. The second kappa shape index (κ2) is 8.83. The SMILES string of the molecule is COc1ccc(C2=N[C@@](Cc3ccccc3)(C(=O)OCc3ccccc3)C(=O)O2)cc1. The third-order valence-corrected chi connectivity index (χ3v) is 5.01. The summed E-state index contributed by atoms with van der Waals surface area (Å²) < 4.78 is 16.1. The lowest BCUT2D eigenvalue weighted by molar-refractivity contribution is -0.159. The summed E-state index contributed by atoms with van der Waals surface area (Å²) in [4.78, 5) is 30.6. The number of nitrogens with zero attached hydrogens (tertiary/aromatic N) is 1. The highest BCUT2D eigenvalue weighted by Crippen LogP contribution is 2.30. The number of aliphatic imine (C=N–C) groups is 1. The van der Waals surface area contributed by atoms with Gasteiger partial charge in [0, 0.05) is 12.0 Å². The molecular weight excluding hydrogens is 394 g/mol. The van der Waals surface area contributed by atoms with Crippen LogP contribution >= 0.6 is 0 Å². The number of esters is 2. The Balaban J connectivity index is 1.66. The Kier molecular flexibility index (Phi) is 5.80. The molecule has 0 bridgehead atoms. The number of hydrogen-bond acceptors (Lipinski definition) is 6. The van der Waals surface area contributed by atoms with Gasteiger partial charge in [-0.3, -0.25) is 0 Å². The molecule has 31 heavy (non-hydrogen) atoms. The topological polar surface area (TPSA) is 74.2 Å². The molecule has 0 aliphatic carbocycles. The van der Waals surface area contributed by atoms with E-state index in [0.29, 0.717) is 11.3 Å². The number of methoxy groups -OCH3 is 1. The van der Waals surface area contributed by atoms with Crippen LogP contribution in [0.5, 0.6) is 5.75 Å². The fourth-order valence-corrected chi connectivity index (χ4v) is 3.32. The maximum absolute atomic E-state index is 13.2. The van der Waals surface area contributed by atoms with Crippen molar-refractivity contribution in [3.63, 3.8) is 0 Å². The molecule has 6 heteroatoms. The smallest absolute Gasteiger partial charge is 0.353 e. The number of rotatable bonds is 7. The van der Waals surface area contributed by atoms with Gasteiger partial charge in [-0.2, -0.15) is 0 Å². The molecule has 3 aromatic rings. The minimum atomic E-state index is -1.80. The Morgan fingerprint density at radius 3 is 2.13 bits per heavy atom. The van der Waals surface area contributed by atoms with Crippen LogP contribution in [-0.4, -0.2) is 30.5 Å². The first-order valence-electron chi connectivity index (χ1n) is 9.82. The fraction of sp³-hybridized carbons (Fsp3) is 0.160. The highest BCUT2D eigenvalue weighted by molar-refractivity contribution is 6.17. The van der Waals surface area contributed by atoms with Gasteiger partial charge in [-0.1, -0.05) is 60.7 Å². The summed E-state index contributed by atoms with van der Waals surface area (Å²) in [5.74, 6) is -0.749. The lowest BCUT2D eigenvalue weighted by atomic mass is 9.92. The number of carbonyl (C=O) groups is 2. The van der Waals surface area contributed by atoms with E-state index in [1.807, 2.05) is 60.7 Å². The van der Waals surface area contributed by atoms with Gasteiger partial charge in [0.1, 0.15) is 12.4 Å². The van der Waals surface area contributed by atoms with Gasteiger partial charge in [-0.05, 0) is 35.4 Å². The molecule has 0 saturated heterocycles. The zero-order chi connectivity index (χ0) is 21.7. The van der Waals surface area contributed by atoms with Crippen LogP contribution in [0.25, 0.3) is 0 Å². The summed E-state index contributed by atoms with van der Waals surface area (Å²) in [6.45, 7) is 0.0386. The minimum absolute atomic E-state index is 0.0386. The first-order chi connectivity index (χ1) is 15.1. The molecule has 0 N–H and O–H groups in total. The normalized spacial score (nSPS) is 17.6. The van der Waals surface area contributed by atoms with Crippen molar-refractivity contribution in [2.75, 3.05) is 7.11 Å². The Morgan fingerprint density at radius 2 is 1.52 bits per heavy atom. The molecule has 3 aromatic carbocycles. The summed E-state index contributed by atoms with van der Waals surface area (Å²) in [7, 11) is 1.57. The van der Waals surface area contributed by atoms with E-state index in [2.05, 4.69) is 4.99 Å². The maximum Gasteiger partial charge on any atom is 0.353 e. The van der Waals surface area contributed by atoms with E-state index in [1.165, 1.54) is 0 Å². The van der Waals surface area contributed by atoms with Crippen LogP contribution in [-0.2, 0) is 32.1 Å². The van der Waals surface area contributed by atoms with E-state index in [9.17, 15) is 9.59 Å². The van der Waals surface area contributed by atoms with Crippen molar-refractivity contribution in [2.45, 2.75) is 18.6 Å². The maximum atomic E-state index is 13.2. The van der Waals surface area contributed by atoms with Crippen LogP contribution in [0.2, 0.25) is 0 Å². The molecule has 1 heterocycles. The predicted molar refractivity (Wildman–Crippen MR) is 115 cm³/mol. The molecule has 0 aromatic heterocycles. The predicted octanol–water partition coefficient (Wildman–Crippen LogP) is 3.72. The first-order valence-corrected chi connectivity index (χ1v) is 9.82. The average Bonchev–Trinajstić information content (AvgIpc) is 3.16. The number of carbonyl (C=O) groups excluding carboxylic acids is 2. The van der Waals surface area contributed by atoms with Gasteiger partial charge in [-0.25, -0.2) is 14.6 Å². The van der Waals surface area contributed by atoms with Crippen LogP contribution in [0.4, 0.5) is 0 Å². The van der Waals surface area contributed by atoms with Crippen molar-refractivity contribution in [1.29, 1.82) is 0 Å². The molecule has 1 aliphatic heterocycles. The second-order valence-corrected chi connectivity index (χ2v) is 7.12. The largest absolute Gasteiger partial charge is 0.497 e. The van der Waals surface area contributed by atoms with Gasteiger partial charge < -0.3 is 14.2 Å². The minimum Gasteiger partial charge on any atom is -0.497 e. The van der Waals surface area contributed by atoms with Gasteiger partial charge in [0.05, 0.1) is 7.11 Å². The van der Waals surface area contributed by atoms with Crippen LogP contribution < -0.4 is 4.74 Å². The molecule has 0 unspecified atom stereocenters. The molecule has 156 valence electrons. The van der Waals surface area contributed by atoms with Crippen LogP contribution in [0.15, 0.2) is 89.9 Å². The van der Waals surface area contributed by atoms with Crippen LogP contribution in [0.3, 0.4) is 0 Å². The van der Waals surface area contributed by atoms with E-state index in [1.54, 1.807) is 31.4 Å². The third-order valence-electron chi connectivity index (χ3n) is 5.01. The molecule has 0 fully saturated rings. The van der Waals surface area contributed by atoms with Crippen molar-refractivity contribution >= 4 is 17.8 Å². The number of hydrogen-bond donors (Lipinski definition) is 0. The zero-order valence-corrected chi connectivity index (χ0v) is 17.0. The molecule has 6 nitrogen and oxygen atoms in total. The zero-order valence-electron chi connectivity index (χ0n) is 17.0. The molecule has 4 rings (SSSR count). The lowest BCUT2D eigenvalue weighted by Gasteiger charge is -2.20. The Hall–Kier alpha value is -3.93. The van der Waals surface area contributed by atoms with E-state index < -0.39 is 17.5 Å². The van der Waals surface area contributed by atoms with Gasteiger partial charge in [0.15, 0.2) is 0 Å². The Labute approximate surface area is 180 Å². The Morgan fingerprint density at radius 1 is 0.903 bits per heavy atom. The van der Waals surface area contributed by atoms with E-state index in [0.717, 1.165) is 11.1 Å². The van der Waals surface area contributed by atoms with Gasteiger partial charge in [0.25, 0.3) is 5.54 Å². The van der Waals surface area contributed by atoms with Crippen molar-refractivity contribution < 1.29 is 23.8 Å². The molecule has 1 aliphatic rings. The van der Waals surface area contributed by atoms with E-state index >= 15 is 0 Å². The third kappa shape index (κ3) is 4.33. The summed E-state index contributed by atoms with van der Waals surface area (Å²) in [5.41, 5.74) is 0.359. The van der Waals surface area contributed by atoms with Crippen LogP contribution in [0.1, 0.15) is 16.7 Å². The quantitative estimate of drug-likeness (QED) is 0.434. The molecular formula is C25H21NO5.